The van der Waals surface area contributed by atoms with Gasteiger partial charge in [-0.2, -0.15) is 0 Å². The van der Waals surface area contributed by atoms with Crippen LogP contribution >= 0.6 is 0 Å². The summed E-state index contributed by atoms with van der Waals surface area (Å²) in [4.78, 5) is 26.0. The van der Waals surface area contributed by atoms with Crippen LogP contribution in [-0.4, -0.2) is 41.1 Å². The van der Waals surface area contributed by atoms with E-state index in [1.165, 1.54) is 18.2 Å². The lowest BCUT2D eigenvalue weighted by Crippen LogP contribution is -2.46. The van der Waals surface area contributed by atoms with Gasteiger partial charge in [0.2, 0.25) is 0 Å². The Kier molecular flexibility index (Phi) is 3.58. The maximum Gasteiger partial charge on any atom is 0.410 e. The van der Waals surface area contributed by atoms with E-state index in [1.807, 2.05) is 0 Å². The third kappa shape index (κ3) is 3.16. The van der Waals surface area contributed by atoms with E-state index < -0.39 is 23.1 Å². The number of fused-ring (bicyclic) bond motifs is 1. The number of likely N-dealkylation sites (tertiary alicyclic amines) is 1. The second-order valence-electron chi connectivity index (χ2n) is 7.18. The number of Topliss-reactive ketones (excluding diaryl/α,β-unsaturated/α-hetero) is 1. The molecule has 1 spiro atoms. The van der Waals surface area contributed by atoms with Crippen molar-refractivity contribution in [2.45, 2.75) is 44.8 Å². The highest BCUT2D eigenvalue weighted by molar-refractivity contribution is 6.00. The predicted molar refractivity (Wildman–Crippen MR) is 81.1 cm³/mol. The van der Waals surface area contributed by atoms with Crippen molar-refractivity contribution in [3.05, 3.63) is 29.6 Å². The van der Waals surface area contributed by atoms with Gasteiger partial charge in [-0.3, -0.25) is 4.79 Å². The zero-order chi connectivity index (χ0) is 16.8. The van der Waals surface area contributed by atoms with E-state index >= 15 is 0 Å². The van der Waals surface area contributed by atoms with E-state index in [-0.39, 0.29) is 24.5 Å². The van der Waals surface area contributed by atoms with Crippen molar-refractivity contribution in [3.8, 4) is 5.75 Å². The fourth-order valence-electron chi connectivity index (χ4n) is 3.02. The minimum Gasteiger partial charge on any atom is -0.484 e. The molecule has 2 aliphatic heterocycles. The Morgan fingerprint density at radius 3 is 2.83 bits per heavy atom. The van der Waals surface area contributed by atoms with Crippen molar-refractivity contribution in [2.24, 2.45) is 0 Å². The van der Waals surface area contributed by atoms with Gasteiger partial charge in [0.15, 0.2) is 5.78 Å². The number of carbonyl (C=O) groups excluding carboxylic acids is 2. The van der Waals surface area contributed by atoms with Crippen LogP contribution in [0, 0.1) is 5.82 Å². The molecule has 1 aromatic rings. The zero-order valence-corrected chi connectivity index (χ0v) is 13.5. The molecule has 5 nitrogen and oxygen atoms in total. The number of hydrogen-bond acceptors (Lipinski definition) is 4. The van der Waals surface area contributed by atoms with Crippen molar-refractivity contribution in [2.75, 3.05) is 13.1 Å². The molecule has 0 N–H and O–H groups in total. The smallest absolute Gasteiger partial charge is 0.410 e. The van der Waals surface area contributed by atoms with E-state index in [0.29, 0.717) is 18.5 Å². The summed E-state index contributed by atoms with van der Waals surface area (Å²) in [6.07, 6.45) is 0.286. The first-order chi connectivity index (χ1) is 10.7. The highest BCUT2D eigenvalue weighted by Crippen LogP contribution is 2.39. The first kappa shape index (κ1) is 15.8. The number of amides is 1. The van der Waals surface area contributed by atoms with Crippen molar-refractivity contribution in [1.29, 1.82) is 0 Å². The van der Waals surface area contributed by atoms with Crippen LogP contribution in [0.4, 0.5) is 9.18 Å². The Bertz CT molecular complexity index is 667. The molecule has 1 fully saturated rings. The van der Waals surface area contributed by atoms with Gasteiger partial charge in [0.1, 0.15) is 22.8 Å². The van der Waals surface area contributed by atoms with Gasteiger partial charge >= 0.3 is 6.09 Å². The molecule has 1 amide bonds. The normalized spacial score (nSPS) is 23.7. The summed E-state index contributed by atoms with van der Waals surface area (Å²) < 4.78 is 24.7. The largest absolute Gasteiger partial charge is 0.484 e. The molecular formula is C17H20FNO4. The number of ketones is 1. The monoisotopic (exact) mass is 321 g/mol. The molecule has 3 rings (SSSR count). The van der Waals surface area contributed by atoms with E-state index in [1.54, 1.807) is 25.7 Å². The number of hydrogen-bond donors (Lipinski definition) is 0. The Hall–Kier alpha value is -2.11. The van der Waals surface area contributed by atoms with Crippen LogP contribution in [0.25, 0.3) is 0 Å². The van der Waals surface area contributed by atoms with Crippen molar-refractivity contribution < 1.29 is 23.5 Å². The highest BCUT2D eigenvalue weighted by Gasteiger charge is 2.47. The Morgan fingerprint density at radius 1 is 1.39 bits per heavy atom. The molecule has 1 atom stereocenters. The fourth-order valence-corrected chi connectivity index (χ4v) is 3.02. The molecule has 0 radical (unpaired) electrons. The van der Waals surface area contributed by atoms with Gasteiger partial charge < -0.3 is 14.4 Å². The maximum absolute atomic E-state index is 13.4. The van der Waals surface area contributed by atoms with Crippen molar-refractivity contribution in [3.63, 3.8) is 0 Å². The second-order valence-corrected chi connectivity index (χ2v) is 7.18. The van der Waals surface area contributed by atoms with Crippen molar-refractivity contribution in [1.82, 2.24) is 4.90 Å². The summed E-state index contributed by atoms with van der Waals surface area (Å²) in [5, 5.41) is 0. The summed E-state index contributed by atoms with van der Waals surface area (Å²) in [6, 6.07) is 3.92. The van der Waals surface area contributed by atoms with Crippen LogP contribution in [0.5, 0.6) is 5.75 Å². The maximum atomic E-state index is 13.4. The lowest BCUT2D eigenvalue weighted by atomic mass is 9.89. The highest BCUT2D eigenvalue weighted by atomic mass is 19.1. The molecular weight excluding hydrogens is 301 g/mol. The number of benzene rings is 1. The molecule has 2 aliphatic rings. The van der Waals surface area contributed by atoms with Crippen molar-refractivity contribution >= 4 is 11.9 Å². The quantitative estimate of drug-likeness (QED) is 0.736. The second kappa shape index (κ2) is 5.22. The van der Waals surface area contributed by atoms with Crippen LogP contribution in [0.1, 0.15) is 44.0 Å². The topological polar surface area (TPSA) is 55.8 Å². The van der Waals surface area contributed by atoms with E-state index in [9.17, 15) is 14.0 Å². The van der Waals surface area contributed by atoms with E-state index in [2.05, 4.69) is 0 Å². The third-order valence-electron chi connectivity index (χ3n) is 4.02. The molecule has 0 aliphatic carbocycles. The lowest BCUT2D eigenvalue weighted by molar-refractivity contribution is 0.0171. The summed E-state index contributed by atoms with van der Waals surface area (Å²) in [7, 11) is 0. The molecule has 0 unspecified atom stereocenters. The Labute approximate surface area is 134 Å². The number of halogens is 1. The molecule has 2 heterocycles. The molecule has 0 aromatic heterocycles. The Morgan fingerprint density at radius 2 is 2.13 bits per heavy atom. The molecule has 0 bridgehead atoms. The van der Waals surface area contributed by atoms with Crippen LogP contribution in [-0.2, 0) is 4.74 Å². The number of rotatable bonds is 0. The van der Waals surface area contributed by atoms with Gasteiger partial charge in [-0.15, -0.1) is 0 Å². The molecule has 1 saturated heterocycles. The molecule has 6 heteroatoms. The van der Waals surface area contributed by atoms with Crippen LogP contribution in [0.3, 0.4) is 0 Å². The lowest BCUT2D eigenvalue weighted by Gasteiger charge is -2.34. The number of carbonyl (C=O) groups is 2. The van der Waals surface area contributed by atoms with Gasteiger partial charge in [0, 0.05) is 19.0 Å². The molecule has 0 saturated carbocycles. The van der Waals surface area contributed by atoms with Crippen LogP contribution < -0.4 is 4.74 Å². The number of ether oxygens (including phenoxy) is 2. The molecule has 124 valence electrons. The van der Waals surface area contributed by atoms with Gasteiger partial charge in [0.05, 0.1) is 18.5 Å². The van der Waals surface area contributed by atoms with Crippen LogP contribution in [0.15, 0.2) is 18.2 Å². The zero-order valence-electron chi connectivity index (χ0n) is 13.5. The molecule has 1 aromatic carbocycles. The minimum atomic E-state index is -0.783. The average molecular weight is 321 g/mol. The van der Waals surface area contributed by atoms with Crippen LogP contribution in [0.2, 0.25) is 0 Å². The fraction of sp³-hybridized carbons (Fsp3) is 0.529. The minimum absolute atomic E-state index is 0.0858. The van der Waals surface area contributed by atoms with E-state index in [0.717, 1.165) is 0 Å². The average Bonchev–Trinajstić information content (AvgIpc) is 2.79. The van der Waals surface area contributed by atoms with Gasteiger partial charge in [-0.05, 0) is 32.9 Å². The first-order valence-electron chi connectivity index (χ1n) is 7.67. The van der Waals surface area contributed by atoms with E-state index in [4.69, 9.17) is 9.47 Å². The van der Waals surface area contributed by atoms with Gasteiger partial charge in [-0.1, -0.05) is 0 Å². The standard InChI is InChI=1S/C17H20FNO4/c1-16(2,3)23-15(21)19-7-6-17(10-19)9-13(20)12-5-4-11(18)8-14(12)22-17/h4-5,8H,6-7,9-10H2,1-3H3/t17-/m0/s1. The summed E-state index contributed by atoms with van der Waals surface area (Å²) in [5.41, 5.74) is -0.964. The SMILES string of the molecule is CC(C)(C)OC(=O)N1CC[C@]2(CC(=O)c3ccc(F)cc3O2)C1. The summed E-state index contributed by atoms with van der Waals surface area (Å²) in [6.45, 7) is 6.12. The summed E-state index contributed by atoms with van der Waals surface area (Å²) in [5.74, 6) is -0.278. The molecule has 23 heavy (non-hydrogen) atoms. The summed E-state index contributed by atoms with van der Waals surface area (Å²) >= 11 is 0. The third-order valence-corrected chi connectivity index (χ3v) is 4.02. The number of nitrogens with zero attached hydrogens (tertiary/aromatic N) is 1. The first-order valence-corrected chi connectivity index (χ1v) is 7.67. The Balaban J connectivity index is 1.78. The van der Waals surface area contributed by atoms with Gasteiger partial charge in [-0.25, -0.2) is 9.18 Å². The predicted octanol–water partition coefficient (Wildman–Crippen LogP) is 3.17. The van der Waals surface area contributed by atoms with Gasteiger partial charge in [0.25, 0.3) is 0 Å².